The SMILES string of the molecule is CCCCNC(=O)/C(=C/c1cccc([N+](=O)[O-])c1)NC(=O)c1ccco1. The molecule has 8 heteroatoms. The minimum Gasteiger partial charge on any atom is -0.459 e. The van der Waals surface area contributed by atoms with E-state index in [1.54, 1.807) is 12.1 Å². The zero-order valence-corrected chi connectivity index (χ0v) is 14.2. The molecule has 1 aromatic carbocycles. The van der Waals surface area contributed by atoms with Gasteiger partial charge < -0.3 is 15.1 Å². The van der Waals surface area contributed by atoms with Gasteiger partial charge in [-0.2, -0.15) is 0 Å². The Morgan fingerprint density at radius 3 is 2.73 bits per heavy atom. The van der Waals surface area contributed by atoms with E-state index in [4.69, 9.17) is 4.42 Å². The highest BCUT2D eigenvalue weighted by atomic mass is 16.6. The van der Waals surface area contributed by atoms with Crippen molar-refractivity contribution in [3.05, 3.63) is 69.8 Å². The fourth-order valence-corrected chi connectivity index (χ4v) is 2.12. The molecule has 0 radical (unpaired) electrons. The van der Waals surface area contributed by atoms with E-state index in [0.717, 1.165) is 12.8 Å². The van der Waals surface area contributed by atoms with Crippen LogP contribution in [0.2, 0.25) is 0 Å². The molecule has 0 fully saturated rings. The summed E-state index contributed by atoms with van der Waals surface area (Å²) in [7, 11) is 0. The number of unbranched alkanes of at least 4 members (excludes halogenated alkanes) is 1. The average molecular weight is 357 g/mol. The Balaban J connectivity index is 2.26. The fourth-order valence-electron chi connectivity index (χ4n) is 2.12. The van der Waals surface area contributed by atoms with Crippen LogP contribution >= 0.6 is 0 Å². The van der Waals surface area contributed by atoms with E-state index >= 15 is 0 Å². The molecule has 0 saturated carbocycles. The maximum atomic E-state index is 12.4. The van der Waals surface area contributed by atoms with E-state index in [9.17, 15) is 19.7 Å². The predicted octanol–water partition coefficient (Wildman–Crippen LogP) is 2.88. The maximum Gasteiger partial charge on any atom is 0.291 e. The number of furan rings is 1. The molecule has 0 bridgehead atoms. The number of nitrogens with zero attached hydrogens (tertiary/aromatic N) is 1. The van der Waals surface area contributed by atoms with Crippen LogP contribution in [-0.2, 0) is 4.79 Å². The average Bonchev–Trinajstić information content (AvgIpc) is 3.16. The van der Waals surface area contributed by atoms with Crippen LogP contribution in [0.1, 0.15) is 35.9 Å². The molecule has 2 aromatic rings. The first-order valence-corrected chi connectivity index (χ1v) is 8.10. The Hall–Kier alpha value is -3.42. The number of nitrogens with one attached hydrogen (secondary N) is 2. The second-order valence-electron chi connectivity index (χ2n) is 5.45. The lowest BCUT2D eigenvalue weighted by Crippen LogP contribution is -2.35. The summed E-state index contributed by atoms with van der Waals surface area (Å²) in [4.78, 5) is 34.9. The van der Waals surface area contributed by atoms with Crippen LogP contribution in [0.5, 0.6) is 0 Å². The monoisotopic (exact) mass is 357 g/mol. The van der Waals surface area contributed by atoms with Gasteiger partial charge in [0.2, 0.25) is 0 Å². The molecule has 2 N–H and O–H groups in total. The molecular weight excluding hydrogens is 338 g/mol. The number of carbonyl (C=O) groups is 2. The molecule has 136 valence electrons. The molecule has 8 nitrogen and oxygen atoms in total. The maximum absolute atomic E-state index is 12.4. The number of nitro groups is 1. The first-order chi connectivity index (χ1) is 12.5. The van der Waals surface area contributed by atoms with Crippen molar-refractivity contribution in [2.75, 3.05) is 6.54 Å². The molecule has 1 aromatic heterocycles. The third kappa shape index (κ3) is 5.30. The summed E-state index contributed by atoms with van der Waals surface area (Å²) in [5, 5.41) is 16.1. The van der Waals surface area contributed by atoms with Gasteiger partial charge >= 0.3 is 0 Å². The third-order valence-corrected chi connectivity index (χ3v) is 3.45. The van der Waals surface area contributed by atoms with Crippen molar-refractivity contribution in [2.24, 2.45) is 0 Å². The number of hydrogen-bond acceptors (Lipinski definition) is 5. The lowest BCUT2D eigenvalue weighted by molar-refractivity contribution is -0.384. The molecular formula is C18H19N3O5. The van der Waals surface area contributed by atoms with Gasteiger partial charge in [-0.3, -0.25) is 19.7 Å². The summed E-state index contributed by atoms with van der Waals surface area (Å²) in [6.07, 6.45) is 4.43. The molecule has 0 aliphatic carbocycles. The van der Waals surface area contributed by atoms with Gasteiger partial charge in [0.25, 0.3) is 17.5 Å². The summed E-state index contributed by atoms with van der Waals surface area (Å²) >= 11 is 0. The molecule has 2 amide bonds. The molecule has 2 rings (SSSR count). The summed E-state index contributed by atoms with van der Waals surface area (Å²) < 4.78 is 5.01. The van der Waals surface area contributed by atoms with Gasteiger partial charge in [-0.1, -0.05) is 25.5 Å². The van der Waals surface area contributed by atoms with Gasteiger partial charge in [-0.15, -0.1) is 0 Å². The molecule has 0 aliphatic rings. The molecule has 0 aliphatic heterocycles. The number of benzene rings is 1. The first kappa shape index (κ1) is 18.9. The van der Waals surface area contributed by atoms with Crippen LogP contribution < -0.4 is 10.6 Å². The lowest BCUT2D eigenvalue weighted by Gasteiger charge is -2.10. The van der Waals surface area contributed by atoms with Gasteiger partial charge in [0.05, 0.1) is 11.2 Å². The quantitative estimate of drug-likeness (QED) is 0.326. The third-order valence-electron chi connectivity index (χ3n) is 3.45. The standard InChI is InChI=1S/C18H19N3O5/c1-2-3-9-19-17(22)15(20-18(23)16-8-5-10-26-16)12-13-6-4-7-14(11-13)21(24)25/h4-8,10-12H,2-3,9H2,1H3,(H,19,22)(H,20,23)/b15-12-. The van der Waals surface area contributed by atoms with Gasteiger partial charge in [0.15, 0.2) is 5.76 Å². The van der Waals surface area contributed by atoms with E-state index in [1.165, 1.54) is 36.6 Å². The van der Waals surface area contributed by atoms with Crippen LogP contribution in [0.4, 0.5) is 5.69 Å². The zero-order chi connectivity index (χ0) is 18.9. The Labute approximate surface area is 150 Å². The molecule has 26 heavy (non-hydrogen) atoms. The van der Waals surface area contributed by atoms with Gasteiger partial charge in [0.1, 0.15) is 5.70 Å². The van der Waals surface area contributed by atoms with Gasteiger partial charge in [0, 0.05) is 18.7 Å². The van der Waals surface area contributed by atoms with E-state index in [1.807, 2.05) is 6.92 Å². The number of rotatable bonds is 8. The van der Waals surface area contributed by atoms with Crippen molar-refractivity contribution >= 4 is 23.6 Å². The molecule has 1 heterocycles. The van der Waals surface area contributed by atoms with E-state index in [2.05, 4.69) is 10.6 Å². The van der Waals surface area contributed by atoms with Crippen molar-refractivity contribution in [3.63, 3.8) is 0 Å². The Morgan fingerprint density at radius 2 is 2.08 bits per heavy atom. The Kier molecular flexibility index (Phi) is 6.67. The highest BCUT2D eigenvalue weighted by molar-refractivity contribution is 6.04. The van der Waals surface area contributed by atoms with Gasteiger partial charge in [-0.25, -0.2) is 0 Å². The van der Waals surface area contributed by atoms with Crippen LogP contribution in [0, 0.1) is 10.1 Å². The van der Waals surface area contributed by atoms with E-state index in [0.29, 0.717) is 12.1 Å². The van der Waals surface area contributed by atoms with Crippen molar-refractivity contribution in [2.45, 2.75) is 19.8 Å². The Bertz CT molecular complexity index is 812. The number of carbonyl (C=O) groups excluding carboxylic acids is 2. The highest BCUT2D eigenvalue weighted by Crippen LogP contribution is 2.15. The molecule has 0 atom stereocenters. The number of non-ortho nitro benzene ring substituents is 1. The molecule has 0 spiro atoms. The van der Waals surface area contributed by atoms with Crippen LogP contribution in [0.3, 0.4) is 0 Å². The highest BCUT2D eigenvalue weighted by Gasteiger charge is 2.16. The minimum atomic E-state index is -0.586. The van der Waals surface area contributed by atoms with Crippen LogP contribution in [-0.4, -0.2) is 23.3 Å². The normalized spacial score (nSPS) is 11.0. The van der Waals surface area contributed by atoms with E-state index in [-0.39, 0.29) is 17.1 Å². The largest absolute Gasteiger partial charge is 0.459 e. The van der Waals surface area contributed by atoms with Gasteiger partial charge in [-0.05, 0) is 30.2 Å². The summed E-state index contributed by atoms with van der Waals surface area (Å²) in [6, 6.07) is 8.80. The Morgan fingerprint density at radius 1 is 1.27 bits per heavy atom. The smallest absolute Gasteiger partial charge is 0.291 e. The van der Waals surface area contributed by atoms with Crippen molar-refractivity contribution in [1.82, 2.24) is 10.6 Å². The van der Waals surface area contributed by atoms with E-state index < -0.39 is 16.7 Å². The molecule has 0 unspecified atom stereocenters. The number of amides is 2. The number of hydrogen-bond donors (Lipinski definition) is 2. The van der Waals surface area contributed by atoms with Crippen molar-refractivity contribution < 1.29 is 18.9 Å². The second kappa shape index (κ2) is 9.16. The van der Waals surface area contributed by atoms with Crippen molar-refractivity contribution in [1.29, 1.82) is 0 Å². The zero-order valence-electron chi connectivity index (χ0n) is 14.2. The topological polar surface area (TPSA) is 114 Å². The summed E-state index contributed by atoms with van der Waals surface area (Å²) in [6.45, 7) is 2.45. The van der Waals surface area contributed by atoms with Crippen molar-refractivity contribution in [3.8, 4) is 0 Å². The fraction of sp³-hybridized carbons (Fsp3) is 0.222. The summed E-state index contributed by atoms with van der Waals surface area (Å²) in [5.74, 6) is -1.02. The minimum absolute atomic E-state index is 0.0250. The molecule has 0 saturated heterocycles. The first-order valence-electron chi connectivity index (χ1n) is 8.10. The lowest BCUT2D eigenvalue weighted by atomic mass is 10.1. The van der Waals surface area contributed by atoms with Crippen LogP contribution in [0.15, 0.2) is 52.8 Å². The predicted molar refractivity (Wildman–Crippen MR) is 95.2 cm³/mol. The number of nitro benzene ring substituents is 1. The summed E-state index contributed by atoms with van der Waals surface area (Å²) in [5.41, 5.74) is 0.282. The second-order valence-corrected chi connectivity index (χ2v) is 5.45. The van der Waals surface area contributed by atoms with Crippen LogP contribution in [0.25, 0.3) is 6.08 Å².